The maximum Gasteiger partial charge on any atom is 0.251 e. The zero-order valence-corrected chi connectivity index (χ0v) is 16.8. The first-order valence-corrected chi connectivity index (χ1v) is 11.0. The van der Waals surface area contributed by atoms with Gasteiger partial charge in [0.25, 0.3) is 10.0 Å². The SMILES string of the molecule is CCOc1ccc(NC(=O)[C@H](NS(=O)(=O)c2cccs2)c2ccccc2)cc1. The largest absolute Gasteiger partial charge is 0.494 e. The van der Waals surface area contributed by atoms with Crippen molar-refractivity contribution in [2.75, 3.05) is 11.9 Å². The normalized spacial score (nSPS) is 12.3. The number of nitrogens with one attached hydrogen (secondary N) is 2. The van der Waals surface area contributed by atoms with Crippen LogP contribution in [0.4, 0.5) is 5.69 Å². The zero-order valence-electron chi connectivity index (χ0n) is 15.2. The summed E-state index contributed by atoms with van der Waals surface area (Å²) in [6, 6.07) is 17.7. The van der Waals surface area contributed by atoms with Crippen molar-refractivity contribution < 1.29 is 17.9 Å². The second kappa shape index (κ2) is 9.01. The maximum absolute atomic E-state index is 12.9. The van der Waals surface area contributed by atoms with E-state index in [1.807, 2.05) is 6.92 Å². The van der Waals surface area contributed by atoms with Crippen LogP contribution in [0.3, 0.4) is 0 Å². The van der Waals surface area contributed by atoms with Gasteiger partial charge in [0, 0.05) is 5.69 Å². The number of benzene rings is 2. The summed E-state index contributed by atoms with van der Waals surface area (Å²) in [6.07, 6.45) is 0. The zero-order chi connectivity index (χ0) is 20.0. The fourth-order valence-electron chi connectivity index (χ4n) is 2.56. The Balaban J connectivity index is 1.83. The lowest BCUT2D eigenvalue weighted by molar-refractivity contribution is -0.117. The molecule has 3 rings (SSSR count). The Morgan fingerprint density at radius 3 is 2.36 bits per heavy atom. The van der Waals surface area contributed by atoms with E-state index in [9.17, 15) is 13.2 Å². The van der Waals surface area contributed by atoms with Crippen LogP contribution < -0.4 is 14.8 Å². The van der Waals surface area contributed by atoms with Gasteiger partial charge in [-0.05, 0) is 48.2 Å². The van der Waals surface area contributed by atoms with E-state index in [1.54, 1.807) is 66.0 Å². The van der Waals surface area contributed by atoms with Crippen molar-refractivity contribution in [1.29, 1.82) is 0 Å². The lowest BCUT2D eigenvalue weighted by atomic mass is 10.1. The van der Waals surface area contributed by atoms with Crippen LogP contribution in [0.5, 0.6) is 5.75 Å². The minimum atomic E-state index is -3.83. The van der Waals surface area contributed by atoms with E-state index in [-0.39, 0.29) is 4.21 Å². The molecule has 0 unspecified atom stereocenters. The molecule has 0 aliphatic carbocycles. The molecule has 0 saturated heterocycles. The van der Waals surface area contributed by atoms with Crippen molar-refractivity contribution in [3.63, 3.8) is 0 Å². The molecule has 1 amide bonds. The van der Waals surface area contributed by atoms with Gasteiger partial charge in [-0.25, -0.2) is 8.42 Å². The van der Waals surface area contributed by atoms with E-state index < -0.39 is 22.0 Å². The van der Waals surface area contributed by atoms with Crippen molar-refractivity contribution >= 4 is 33.0 Å². The molecule has 146 valence electrons. The first-order chi connectivity index (χ1) is 13.5. The molecule has 1 heterocycles. The molecule has 1 atom stereocenters. The summed E-state index contributed by atoms with van der Waals surface area (Å²) in [5, 5.41) is 4.43. The second-order valence-corrected chi connectivity index (χ2v) is 8.73. The standard InChI is InChI=1S/C20H20N2O4S2/c1-2-26-17-12-10-16(11-13-17)21-20(23)19(15-7-4-3-5-8-15)22-28(24,25)18-9-6-14-27-18/h3-14,19,22H,2H2,1H3,(H,21,23)/t19-/m1/s1. The number of ether oxygens (including phenoxy) is 1. The van der Waals surface area contributed by atoms with Crippen LogP contribution in [-0.2, 0) is 14.8 Å². The van der Waals surface area contributed by atoms with Crippen LogP contribution in [0.2, 0.25) is 0 Å². The van der Waals surface area contributed by atoms with Crippen LogP contribution in [0.1, 0.15) is 18.5 Å². The van der Waals surface area contributed by atoms with E-state index in [4.69, 9.17) is 4.74 Å². The van der Waals surface area contributed by atoms with Gasteiger partial charge in [0.1, 0.15) is 16.0 Å². The van der Waals surface area contributed by atoms with Gasteiger partial charge >= 0.3 is 0 Å². The molecule has 0 aliphatic rings. The third kappa shape index (κ3) is 4.98. The van der Waals surface area contributed by atoms with E-state index in [1.165, 1.54) is 6.07 Å². The lowest BCUT2D eigenvalue weighted by Crippen LogP contribution is -2.36. The van der Waals surface area contributed by atoms with Crippen molar-refractivity contribution in [2.45, 2.75) is 17.2 Å². The highest BCUT2D eigenvalue weighted by molar-refractivity contribution is 7.91. The highest BCUT2D eigenvalue weighted by Gasteiger charge is 2.27. The topological polar surface area (TPSA) is 84.5 Å². The van der Waals surface area contributed by atoms with Crippen LogP contribution in [0.25, 0.3) is 0 Å². The highest BCUT2D eigenvalue weighted by Crippen LogP contribution is 2.23. The van der Waals surface area contributed by atoms with Crippen molar-refractivity contribution in [2.24, 2.45) is 0 Å². The summed E-state index contributed by atoms with van der Waals surface area (Å²) in [5.41, 5.74) is 1.09. The predicted octanol–water partition coefficient (Wildman–Crippen LogP) is 3.81. The summed E-state index contributed by atoms with van der Waals surface area (Å²) in [7, 11) is -3.83. The van der Waals surface area contributed by atoms with E-state index in [0.29, 0.717) is 23.6 Å². The van der Waals surface area contributed by atoms with Gasteiger partial charge in [-0.15, -0.1) is 11.3 Å². The predicted molar refractivity (Wildman–Crippen MR) is 110 cm³/mol. The van der Waals surface area contributed by atoms with E-state index in [2.05, 4.69) is 10.0 Å². The average molecular weight is 417 g/mol. The average Bonchev–Trinajstić information content (AvgIpc) is 3.24. The molecule has 0 saturated carbocycles. The smallest absolute Gasteiger partial charge is 0.251 e. The number of rotatable bonds is 8. The van der Waals surface area contributed by atoms with E-state index >= 15 is 0 Å². The Morgan fingerprint density at radius 1 is 1.04 bits per heavy atom. The first-order valence-electron chi connectivity index (χ1n) is 8.64. The maximum atomic E-state index is 12.9. The molecular weight excluding hydrogens is 396 g/mol. The molecule has 2 aromatic carbocycles. The number of anilines is 1. The van der Waals surface area contributed by atoms with Gasteiger partial charge < -0.3 is 10.1 Å². The minimum absolute atomic E-state index is 0.155. The van der Waals surface area contributed by atoms with Crippen LogP contribution in [0, 0.1) is 0 Å². The molecule has 3 aromatic rings. The van der Waals surface area contributed by atoms with Gasteiger partial charge in [0.2, 0.25) is 5.91 Å². The molecule has 0 aliphatic heterocycles. The molecule has 6 nitrogen and oxygen atoms in total. The Bertz CT molecular complexity index is 1000. The van der Waals surface area contributed by atoms with Crippen LogP contribution in [-0.4, -0.2) is 20.9 Å². The molecule has 0 fully saturated rings. The summed E-state index contributed by atoms with van der Waals surface area (Å²) < 4.78 is 33.4. The van der Waals surface area contributed by atoms with Crippen molar-refractivity contribution in [1.82, 2.24) is 4.72 Å². The Labute approximate surface area is 168 Å². The first kappa shape index (κ1) is 20.1. The van der Waals surface area contributed by atoms with E-state index in [0.717, 1.165) is 11.3 Å². The van der Waals surface area contributed by atoms with Gasteiger partial charge in [-0.1, -0.05) is 36.4 Å². The number of amides is 1. The summed E-state index contributed by atoms with van der Waals surface area (Å²) in [5.74, 6) is 0.217. The summed E-state index contributed by atoms with van der Waals surface area (Å²) >= 11 is 1.09. The Kier molecular flexibility index (Phi) is 6.45. The second-order valence-electron chi connectivity index (χ2n) is 5.84. The summed E-state index contributed by atoms with van der Waals surface area (Å²) in [4.78, 5) is 12.9. The van der Waals surface area contributed by atoms with Gasteiger partial charge in [0.15, 0.2) is 0 Å². The number of hydrogen-bond acceptors (Lipinski definition) is 5. The Hall–Kier alpha value is -2.68. The quantitative estimate of drug-likeness (QED) is 0.585. The fraction of sp³-hybridized carbons (Fsp3) is 0.150. The van der Waals surface area contributed by atoms with Crippen LogP contribution in [0.15, 0.2) is 76.3 Å². The molecule has 28 heavy (non-hydrogen) atoms. The molecule has 0 spiro atoms. The van der Waals surface area contributed by atoms with Crippen molar-refractivity contribution in [3.8, 4) is 5.75 Å². The lowest BCUT2D eigenvalue weighted by Gasteiger charge is -2.18. The minimum Gasteiger partial charge on any atom is -0.494 e. The third-order valence-electron chi connectivity index (χ3n) is 3.86. The molecule has 2 N–H and O–H groups in total. The number of carbonyl (C=O) groups is 1. The van der Waals surface area contributed by atoms with Crippen molar-refractivity contribution in [3.05, 3.63) is 77.7 Å². The molecule has 0 bridgehead atoms. The molecule has 1 aromatic heterocycles. The van der Waals surface area contributed by atoms with Gasteiger partial charge in [0.05, 0.1) is 6.61 Å². The fourth-order valence-corrected chi connectivity index (χ4v) is 4.76. The van der Waals surface area contributed by atoms with Crippen LogP contribution >= 0.6 is 11.3 Å². The number of hydrogen-bond donors (Lipinski definition) is 2. The number of thiophene rings is 1. The third-order valence-corrected chi connectivity index (χ3v) is 6.68. The highest BCUT2D eigenvalue weighted by atomic mass is 32.2. The van der Waals surface area contributed by atoms with Gasteiger partial charge in [-0.2, -0.15) is 4.72 Å². The number of carbonyl (C=O) groups excluding carboxylic acids is 1. The molecule has 8 heteroatoms. The molecule has 0 radical (unpaired) electrons. The number of sulfonamides is 1. The van der Waals surface area contributed by atoms with Gasteiger partial charge in [-0.3, -0.25) is 4.79 Å². The monoisotopic (exact) mass is 416 g/mol. The molecular formula is C20H20N2O4S2. The Morgan fingerprint density at radius 2 is 1.75 bits per heavy atom. The summed E-state index contributed by atoms with van der Waals surface area (Å²) in [6.45, 7) is 2.44.